The average Bonchev–Trinajstić information content (AvgIpc) is 2.98. The Morgan fingerprint density at radius 1 is 1.08 bits per heavy atom. The number of amides is 1. The van der Waals surface area contributed by atoms with E-state index < -0.39 is 0 Å². The Labute approximate surface area is 136 Å². The van der Waals surface area contributed by atoms with Crippen LogP contribution < -0.4 is 5.32 Å². The van der Waals surface area contributed by atoms with Gasteiger partial charge in [-0.05, 0) is 35.9 Å². The molecule has 0 aliphatic carbocycles. The maximum Gasteiger partial charge on any atom is 0.226 e. The Morgan fingerprint density at radius 3 is 2.62 bits per heavy atom. The minimum Gasteiger partial charge on any atom is -0.310 e. The normalized spacial score (nSPS) is 16.6. The number of halogens is 2. The van der Waals surface area contributed by atoms with Gasteiger partial charge in [0.25, 0.3) is 0 Å². The van der Waals surface area contributed by atoms with Gasteiger partial charge in [0.15, 0.2) is 0 Å². The predicted octanol–water partition coefficient (Wildman–Crippen LogP) is 3.62. The van der Waals surface area contributed by atoms with Gasteiger partial charge in [0, 0.05) is 12.3 Å². The SMILES string of the molecule is O=C1CC(c2ccc(F)cc2)c2ncn(-c3cccc(F)c3)c2N1. The van der Waals surface area contributed by atoms with Crippen LogP contribution in [0.2, 0.25) is 0 Å². The second kappa shape index (κ2) is 5.56. The fourth-order valence-corrected chi connectivity index (χ4v) is 3.00. The van der Waals surface area contributed by atoms with Gasteiger partial charge < -0.3 is 5.32 Å². The van der Waals surface area contributed by atoms with Crippen molar-refractivity contribution >= 4 is 11.7 Å². The molecule has 3 aromatic rings. The van der Waals surface area contributed by atoms with Crippen LogP contribution in [-0.2, 0) is 4.79 Å². The van der Waals surface area contributed by atoms with Gasteiger partial charge in [0.05, 0.1) is 11.4 Å². The van der Waals surface area contributed by atoms with Crippen LogP contribution in [0.5, 0.6) is 0 Å². The van der Waals surface area contributed by atoms with Gasteiger partial charge in [-0.15, -0.1) is 0 Å². The number of anilines is 1. The second-order valence-electron chi connectivity index (χ2n) is 5.68. The molecule has 0 bridgehead atoms. The van der Waals surface area contributed by atoms with Crippen molar-refractivity contribution < 1.29 is 13.6 Å². The summed E-state index contributed by atoms with van der Waals surface area (Å²) in [5.41, 5.74) is 2.08. The number of carbonyl (C=O) groups is 1. The van der Waals surface area contributed by atoms with Crippen LogP contribution in [0.25, 0.3) is 5.69 Å². The number of rotatable bonds is 2. The van der Waals surface area contributed by atoms with Gasteiger partial charge in [0.1, 0.15) is 23.8 Å². The predicted molar refractivity (Wildman–Crippen MR) is 85.0 cm³/mol. The fourth-order valence-electron chi connectivity index (χ4n) is 3.00. The maximum absolute atomic E-state index is 13.5. The number of imidazole rings is 1. The summed E-state index contributed by atoms with van der Waals surface area (Å²) in [6.07, 6.45) is 1.79. The molecule has 1 aliphatic rings. The summed E-state index contributed by atoms with van der Waals surface area (Å²) in [7, 11) is 0. The summed E-state index contributed by atoms with van der Waals surface area (Å²) in [6.45, 7) is 0. The monoisotopic (exact) mass is 325 g/mol. The van der Waals surface area contributed by atoms with E-state index in [1.54, 1.807) is 35.2 Å². The van der Waals surface area contributed by atoms with E-state index in [9.17, 15) is 13.6 Å². The number of nitrogens with zero attached hydrogens (tertiary/aromatic N) is 2. The molecule has 4 nitrogen and oxygen atoms in total. The summed E-state index contributed by atoms with van der Waals surface area (Å²) >= 11 is 0. The quantitative estimate of drug-likeness (QED) is 0.782. The first-order valence-electron chi connectivity index (χ1n) is 7.50. The van der Waals surface area contributed by atoms with Crippen LogP contribution in [0.1, 0.15) is 23.6 Å². The summed E-state index contributed by atoms with van der Waals surface area (Å²) in [5, 5.41) is 2.80. The minimum absolute atomic E-state index is 0.157. The molecule has 1 N–H and O–H groups in total. The molecule has 1 amide bonds. The Kier molecular flexibility index (Phi) is 3.37. The lowest BCUT2D eigenvalue weighted by molar-refractivity contribution is -0.116. The van der Waals surface area contributed by atoms with Crippen molar-refractivity contribution in [2.75, 3.05) is 5.32 Å². The number of nitrogens with one attached hydrogen (secondary N) is 1. The smallest absolute Gasteiger partial charge is 0.226 e. The molecule has 1 atom stereocenters. The summed E-state index contributed by atoms with van der Waals surface area (Å²) in [4.78, 5) is 16.5. The van der Waals surface area contributed by atoms with Gasteiger partial charge in [-0.2, -0.15) is 0 Å². The highest BCUT2D eigenvalue weighted by molar-refractivity contribution is 5.94. The molecule has 1 unspecified atom stereocenters. The Morgan fingerprint density at radius 2 is 1.88 bits per heavy atom. The van der Waals surface area contributed by atoms with Crippen molar-refractivity contribution in [3.63, 3.8) is 0 Å². The molecule has 0 saturated heterocycles. The lowest BCUT2D eigenvalue weighted by atomic mass is 9.90. The summed E-state index contributed by atoms with van der Waals surface area (Å²) < 4.78 is 28.3. The van der Waals surface area contributed by atoms with Gasteiger partial charge in [0.2, 0.25) is 5.91 Å². The highest BCUT2D eigenvalue weighted by Gasteiger charge is 2.31. The number of fused-ring (bicyclic) bond motifs is 1. The zero-order valence-electron chi connectivity index (χ0n) is 12.5. The molecule has 120 valence electrons. The van der Waals surface area contributed by atoms with Crippen molar-refractivity contribution in [2.45, 2.75) is 12.3 Å². The van der Waals surface area contributed by atoms with Crippen molar-refractivity contribution in [3.05, 3.63) is 77.8 Å². The van der Waals surface area contributed by atoms with Gasteiger partial charge in [-0.3, -0.25) is 9.36 Å². The van der Waals surface area contributed by atoms with Crippen LogP contribution in [0.15, 0.2) is 54.9 Å². The van der Waals surface area contributed by atoms with Crippen molar-refractivity contribution in [1.29, 1.82) is 0 Å². The molecule has 1 aromatic heterocycles. The number of benzene rings is 2. The number of carbonyl (C=O) groups excluding carboxylic acids is 1. The first-order chi connectivity index (χ1) is 11.6. The molecule has 6 heteroatoms. The molecule has 2 heterocycles. The maximum atomic E-state index is 13.5. The van der Waals surface area contributed by atoms with Crippen molar-refractivity contribution in [1.82, 2.24) is 9.55 Å². The van der Waals surface area contributed by atoms with E-state index in [0.29, 0.717) is 17.2 Å². The highest BCUT2D eigenvalue weighted by Crippen LogP contribution is 2.37. The number of hydrogen-bond acceptors (Lipinski definition) is 2. The number of aromatic nitrogens is 2. The van der Waals surface area contributed by atoms with Crippen LogP contribution >= 0.6 is 0 Å². The van der Waals surface area contributed by atoms with Crippen molar-refractivity contribution in [2.24, 2.45) is 0 Å². The number of hydrogen-bond donors (Lipinski definition) is 1. The van der Waals surface area contributed by atoms with Crippen LogP contribution in [0.4, 0.5) is 14.6 Å². The first-order valence-corrected chi connectivity index (χ1v) is 7.50. The fraction of sp³-hybridized carbons (Fsp3) is 0.111. The zero-order chi connectivity index (χ0) is 16.7. The van der Waals surface area contributed by atoms with Crippen LogP contribution in [0.3, 0.4) is 0 Å². The lowest BCUT2D eigenvalue weighted by Crippen LogP contribution is -2.24. The lowest BCUT2D eigenvalue weighted by Gasteiger charge is -2.23. The Hall–Kier alpha value is -3.02. The second-order valence-corrected chi connectivity index (χ2v) is 5.68. The van der Waals surface area contributed by atoms with E-state index in [2.05, 4.69) is 10.3 Å². The molecule has 0 spiro atoms. The van der Waals surface area contributed by atoms with E-state index in [-0.39, 0.29) is 29.9 Å². The molecule has 24 heavy (non-hydrogen) atoms. The standard InChI is InChI=1S/C18H13F2N3O/c19-12-6-4-11(5-7-12)15-9-16(24)22-18-17(15)21-10-23(18)14-3-1-2-13(20)8-14/h1-8,10,15H,9H2,(H,22,24). The van der Waals surface area contributed by atoms with E-state index in [0.717, 1.165) is 5.56 Å². The highest BCUT2D eigenvalue weighted by atomic mass is 19.1. The average molecular weight is 325 g/mol. The van der Waals surface area contributed by atoms with E-state index >= 15 is 0 Å². The Bertz CT molecular complexity index is 918. The summed E-state index contributed by atoms with van der Waals surface area (Å²) in [6, 6.07) is 12.1. The largest absolute Gasteiger partial charge is 0.310 e. The van der Waals surface area contributed by atoms with E-state index in [1.807, 2.05) is 0 Å². The third-order valence-electron chi connectivity index (χ3n) is 4.13. The van der Waals surface area contributed by atoms with Crippen LogP contribution in [0, 0.1) is 11.6 Å². The van der Waals surface area contributed by atoms with E-state index in [1.165, 1.54) is 24.3 Å². The van der Waals surface area contributed by atoms with Gasteiger partial charge in [-0.1, -0.05) is 18.2 Å². The topological polar surface area (TPSA) is 46.9 Å². The summed E-state index contributed by atoms with van der Waals surface area (Å²) in [5.74, 6) is -0.595. The molecule has 0 saturated carbocycles. The third-order valence-corrected chi connectivity index (χ3v) is 4.13. The molecule has 0 radical (unpaired) electrons. The van der Waals surface area contributed by atoms with Crippen LogP contribution in [-0.4, -0.2) is 15.5 Å². The molecular weight excluding hydrogens is 312 g/mol. The molecular formula is C18H13F2N3O. The molecule has 2 aromatic carbocycles. The first kappa shape index (κ1) is 14.6. The Balaban J connectivity index is 1.81. The molecule has 0 fully saturated rings. The third kappa shape index (κ3) is 2.46. The van der Waals surface area contributed by atoms with Gasteiger partial charge >= 0.3 is 0 Å². The zero-order valence-corrected chi connectivity index (χ0v) is 12.5. The van der Waals surface area contributed by atoms with Crippen molar-refractivity contribution in [3.8, 4) is 5.69 Å². The molecule has 4 rings (SSSR count). The van der Waals surface area contributed by atoms with Gasteiger partial charge in [-0.25, -0.2) is 13.8 Å². The van der Waals surface area contributed by atoms with E-state index in [4.69, 9.17) is 0 Å². The minimum atomic E-state index is -0.368. The molecule has 1 aliphatic heterocycles.